The number of nitrogens with zero attached hydrogens (tertiary/aromatic N) is 2. The summed E-state index contributed by atoms with van der Waals surface area (Å²) in [6.45, 7) is 1.15. The minimum atomic E-state index is -3.44. The van der Waals surface area contributed by atoms with Crippen molar-refractivity contribution in [2.75, 3.05) is 24.6 Å². The molecule has 7 heteroatoms. The smallest absolute Gasteiger partial charge is 0.243 e. The maximum atomic E-state index is 12.8. The van der Waals surface area contributed by atoms with Gasteiger partial charge in [-0.2, -0.15) is 16.1 Å². The molecular formula is C17H17N3O2S2. The first-order valence-electron chi connectivity index (χ1n) is 7.78. The van der Waals surface area contributed by atoms with E-state index in [1.165, 1.54) is 0 Å². The summed E-state index contributed by atoms with van der Waals surface area (Å²) in [7, 11) is -3.44. The van der Waals surface area contributed by atoms with Crippen LogP contribution in [0.4, 0.5) is 0 Å². The van der Waals surface area contributed by atoms with Gasteiger partial charge in [0.1, 0.15) is 5.82 Å². The van der Waals surface area contributed by atoms with Crippen molar-refractivity contribution in [3.05, 3.63) is 48.5 Å². The van der Waals surface area contributed by atoms with Crippen LogP contribution in [-0.4, -0.2) is 47.3 Å². The fraction of sp³-hybridized carbons (Fsp3) is 0.235. The molecule has 2 heterocycles. The molecule has 24 heavy (non-hydrogen) atoms. The fourth-order valence-electron chi connectivity index (χ4n) is 2.82. The van der Waals surface area contributed by atoms with Crippen molar-refractivity contribution < 1.29 is 8.42 Å². The van der Waals surface area contributed by atoms with Gasteiger partial charge in [0, 0.05) is 30.2 Å². The van der Waals surface area contributed by atoms with E-state index in [9.17, 15) is 8.42 Å². The molecule has 124 valence electrons. The van der Waals surface area contributed by atoms with E-state index >= 15 is 0 Å². The number of aromatic amines is 1. The Morgan fingerprint density at radius 2 is 1.79 bits per heavy atom. The molecule has 1 fully saturated rings. The zero-order valence-electron chi connectivity index (χ0n) is 13.0. The average Bonchev–Trinajstić information content (AvgIpc) is 3.06. The zero-order chi connectivity index (χ0) is 16.6. The number of hydrogen-bond acceptors (Lipinski definition) is 4. The van der Waals surface area contributed by atoms with E-state index in [0.717, 1.165) is 33.9 Å². The monoisotopic (exact) mass is 359 g/mol. The van der Waals surface area contributed by atoms with Gasteiger partial charge in [-0.1, -0.05) is 30.3 Å². The largest absolute Gasteiger partial charge is 0.338 e. The van der Waals surface area contributed by atoms with Gasteiger partial charge in [-0.25, -0.2) is 13.4 Å². The lowest BCUT2D eigenvalue weighted by molar-refractivity contribution is 0.443. The van der Waals surface area contributed by atoms with Crippen molar-refractivity contribution >= 4 is 32.8 Å². The summed E-state index contributed by atoms with van der Waals surface area (Å²) in [6, 6.07) is 14.9. The van der Waals surface area contributed by atoms with Crippen molar-refractivity contribution in [2.45, 2.75) is 4.90 Å². The number of sulfonamides is 1. The highest BCUT2D eigenvalue weighted by atomic mass is 32.2. The molecule has 0 unspecified atom stereocenters. The van der Waals surface area contributed by atoms with Gasteiger partial charge in [-0.3, -0.25) is 0 Å². The van der Waals surface area contributed by atoms with Gasteiger partial charge >= 0.3 is 0 Å². The van der Waals surface area contributed by atoms with Gasteiger partial charge in [-0.05, 0) is 18.2 Å². The van der Waals surface area contributed by atoms with Gasteiger partial charge in [0.25, 0.3) is 0 Å². The van der Waals surface area contributed by atoms with Gasteiger partial charge in [0.15, 0.2) is 0 Å². The third kappa shape index (κ3) is 2.83. The molecule has 0 radical (unpaired) electrons. The second-order valence-corrected chi connectivity index (χ2v) is 8.81. The number of H-pyrrole nitrogens is 1. The van der Waals surface area contributed by atoms with Crippen molar-refractivity contribution in [3.8, 4) is 11.4 Å². The number of nitrogens with one attached hydrogen (secondary N) is 1. The second-order valence-electron chi connectivity index (χ2n) is 5.65. The Kier molecular flexibility index (Phi) is 4.07. The predicted octanol–water partition coefficient (Wildman–Crippen LogP) is 2.97. The first-order valence-corrected chi connectivity index (χ1v) is 10.4. The third-order valence-electron chi connectivity index (χ3n) is 4.11. The highest BCUT2D eigenvalue weighted by Gasteiger charge is 2.26. The van der Waals surface area contributed by atoms with E-state index in [0.29, 0.717) is 18.0 Å². The molecule has 0 saturated carbocycles. The molecule has 0 spiro atoms. The van der Waals surface area contributed by atoms with E-state index in [4.69, 9.17) is 0 Å². The standard InChI is InChI=1S/C17H17N3O2S2/c21-24(22,20-8-10-23-11-9-20)14-6-7-15-16(12-14)19-17(18-15)13-4-2-1-3-5-13/h1-7,12H,8-11H2,(H,18,19). The van der Waals surface area contributed by atoms with Gasteiger partial charge in [0.05, 0.1) is 15.9 Å². The normalized spacial score (nSPS) is 16.5. The Labute approximate surface area is 145 Å². The van der Waals surface area contributed by atoms with Crippen LogP contribution in [0.1, 0.15) is 0 Å². The molecule has 0 aliphatic carbocycles. The maximum absolute atomic E-state index is 12.8. The van der Waals surface area contributed by atoms with Crippen LogP contribution in [0.5, 0.6) is 0 Å². The summed E-state index contributed by atoms with van der Waals surface area (Å²) in [5.74, 6) is 2.45. The van der Waals surface area contributed by atoms with Crippen molar-refractivity contribution in [3.63, 3.8) is 0 Å². The lowest BCUT2D eigenvalue weighted by atomic mass is 10.2. The number of aromatic nitrogens is 2. The third-order valence-corrected chi connectivity index (χ3v) is 6.95. The molecule has 3 aromatic rings. The van der Waals surface area contributed by atoms with Crippen LogP contribution < -0.4 is 0 Å². The molecule has 1 aliphatic heterocycles. The van der Waals surface area contributed by atoms with Crippen molar-refractivity contribution in [1.29, 1.82) is 0 Å². The predicted molar refractivity (Wildman–Crippen MR) is 97.6 cm³/mol. The van der Waals surface area contributed by atoms with Gasteiger partial charge in [0.2, 0.25) is 10.0 Å². The van der Waals surface area contributed by atoms with Gasteiger partial charge < -0.3 is 4.98 Å². The number of fused-ring (bicyclic) bond motifs is 1. The Balaban J connectivity index is 1.73. The molecule has 1 saturated heterocycles. The maximum Gasteiger partial charge on any atom is 0.243 e. The Hall–Kier alpha value is -1.83. The topological polar surface area (TPSA) is 66.1 Å². The SMILES string of the molecule is O=S(=O)(c1ccc2nc(-c3ccccc3)[nH]c2c1)N1CCSCC1. The fourth-order valence-corrected chi connectivity index (χ4v) is 5.42. The lowest BCUT2D eigenvalue weighted by Crippen LogP contribution is -2.37. The summed E-state index contributed by atoms with van der Waals surface area (Å²) in [6.07, 6.45) is 0. The molecule has 1 aliphatic rings. The zero-order valence-corrected chi connectivity index (χ0v) is 14.6. The first kappa shape index (κ1) is 15.7. The molecule has 0 amide bonds. The average molecular weight is 359 g/mol. The summed E-state index contributed by atoms with van der Waals surface area (Å²) in [4.78, 5) is 8.10. The molecule has 5 nitrogen and oxygen atoms in total. The first-order chi connectivity index (χ1) is 11.6. The quantitative estimate of drug-likeness (QED) is 0.781. The Bertz CT molecular complexity index is 962. The van der Waals surface area contributed by atoms with Crippen LogP contribution in [0, 0.1) is 0 Å². The minimum Gasteiger partial charge on any atom is -0.338 e. The number of rotatable bonds is 3. The number of thioether (sulfide) groups is 1. The number of benzene rings is 2. The van der Waals surface area contributed by atoms with E-state index in [1.54, 1.807) is 34.3 Å². The molecule has 0 bridgehead atoms. The van der Waals surface area contributed by atoms with E-state index in [2.05, 4.69) is 9.97 Å². The van der Waals surface area contributed by atoms with Crippen LogP contribution >= 0.6 is 11.8 Å². The van der Waals surface area contributed by atoms with Crippen molar-refractivity contribution in [1.82, 2.24) is 14.3 Å². The minimum absolute atomic E-state index is 0.324. The van der Waals surface area contributed by atoms with Crippen LogP contribution in [0.15, 0.2) is 53.4 Å². The second kappa shape index (κ2) is 6.23. The van der Waals surface area contributed by atoms with Crippen LogP contribution in [0.25, 0.3) is 22.4 Å². The molecule has 2 aromatic carbocycles. The summed E-state index contributed by atoms with van der Waals surface area (Å²) in [5.41, 5.74) is 2.48. The Morgan fingerprint density at radius 1 is 1.04 bits per heavy atom. The van der Waals surface area contributed by atoms with E-state index in [1.807, 2.05) is 30.3 Å². The van der Waals surface area contributed by atoms with Gasteiger partial charge in [-0.15, -0.1) is 0 Å². The molecular weight excluding hydrogens is 342 g/mol. The molecule has 1 aromatic heterocycles. The number of imidazole rings is 1. The Morgan fingerprint density at radius 3 is 2.54 bits per heavy atom. The lowest BCUT2D eigenvalue weighted by Gasteiger charge is -2.25. The summed E-state index contributed by atoms with van der Waals surface area (Å²) in [5, 5.41) is 0. The van der Waals surface area contributed by atoms with Crippen LogP contribution in [0.2, 0.25) is 0 Å². The molecule has 0 atom stereocenters. The van der Waals surface area contributed by atoms with E-state index in [-0.39, 0.29) is 0 Å². The summed E-state index contributed by atoms with van der Waals surface area (Å²) >= 11 is 1.79. The van der Waals surface area contributed by atoms with Crippen LogP contribution in [0.3, 0.4) is 0 Å². The molecule has 1 N–H and O–H groups in total. The molecule has 4 rings (SSSR count). The highest BCUT2D eigenvalue weighted by Crippen LogP contribution is 2.25. The summed E-state index contributed by atoms with van der Waals surface area (Å²) < 4.78 is 27.1. The van der Waals surface area contributed by atoms with E-state index < -0.39 is 10.0 Å². The number of hydrogen-bond donors (Lipinski definition) is 1. The van der Waals surface area contributed by atoms with Crippen molar-refractivity contribution in [2.24, 2.45) is 0 Å². The highest BCUT2D eigenvalue weighted by molar-refractivity contribution is 7.99. The van der Waals surface area contributed by atoms with Crippen LogP contribution in [-0.2, 0) is 10.0 Å².